The average Bonchev–Trinajstić information content (AvgIpc) is 2.46. The van der Waals surface area contributed by atoms with E-state index in [1.165, 1.54) is 0 Å². The molecule has 0 aromatic heterocycles. The molecule has 0 heterocycles. The maximum atomic E-state index is 12.5. The van der Waals surface area contributed by atoms with Gasteiger partial charge < -0.3 is 5.32 Å². The fraction of sp³-hybridized carbons (Fsp3) is 0.211. The first-order chi connectivity index (χ1) is 10.9. The molecule has 0 bridgehead atoms. The molecule has 2 aromatic carbocycles. The van der Waals surface area contributed by atoms with E-state index in [-0.39, 0.29) is 0 Å². The van der Waals surface area contributed by atoms with E-state index < -0.39 is 17.6 Å². The molecule has 0 aliphatic heterocycles. The van der Waals surface area contributed by atoms with Crippen LogP contribution in [-0.2, 0) is 4.79 Å². The largest absolute Gasteiger partial charge is 0.325 e. The fourth-order valence-corrected chi connectivity index (χ4v) is 2.46. The van der Waals surface area contributed by atoms with Crippen molar-refractivity contribution < 1.29 is 9.59 Å². The second-order valence-corrected chi connectivity index (χ2v) is 5.66. The normalized spacial score (nSPS) is 11.4. The number of aryl methyl sites for hydroxylation is 3. The molecule has 23 heavy (non-hydrogen) atoms. The van der Waals surface area contributed by atoms with Crippen molar-refractivity contribution in [3.05, 3.63) is 64.7 Å². The maximum absolute atomic E-state index is 12.5. The Bertz CT molecular complexity index is 783. The number of ketones is 1. The molecule has 0 saturated carbocycles. The van der Waals surface area contributed by atoms with Gasteiger partial charge in [-0.25, -0.2) is 0 Å². The molecular formula is C19H18N2O2. The molecule has 1 atom stereocenters. The number of hydrogen-bond donors (Lipinski definition) is 1. The number of nitrogens with zero attached hydrogens (tertiary/aromatic N) is 1. The summed E-state index contributed by atoms with van der Waals surface area (Å²) in [6.07, 6.45) is 0. The summed E-state index contributed by atoms with van der Waals surface area (Å²) in [5.41, 5.74) is 3.78. The third-order valence-electron chi connectivity index (χ3n) is 3.45. The number of rotatable bonds is 4. The minimum Gasteiger partial charge on any atom is -0.325 e. The van der Waals surface area contributed by atoms with E-state index in [1.807, 2.05) is 39.0 Å². The van der Waals surface area contributed by atoms with Crippen molar-refractivity contribution in [1.29, 1.82) is 5.26 Å². The van der Waals surface area contributed by atoms with Crippen molar-refractivity contribution in [2.45, 2.75) is 20.8 Å². The van der Waals surface area contributed by atoms with Crippen molar-refractivity contribution in [2.24, 2.45) is 5.92 Å². The third kappa shape index (κ3) is 4.04. The van der Waals surface area contributed by atoms with Gasteiger partial charge in [-0.1, -0.05) is 29.3 Å². The standard InChI is InChI=1S/C19H18N2O2/c1-12-5-4-6-16(10-12)21-19(23)17(11-20)18(22)15-8-13(2)7-14(3)9-15/h4-10,17H,1-3H3,(H,21,23)/t17-/m0/s1. The second-order valence-electron chi connectivity index (χ2n) is 5.66. The number of carbonyl (C=O) groups is 2. The fourth-order valence-electron chi connectivity index (χ4n) is 2.46. The van der Waals surface area contributed by atoms with Crippen LogP contribution in [0.3, 0.4) is 0 Å². The Morgan fingerprint density at radius 2 is 1.65 bits per heavy atom. The van der Waals surface area contributed by atoms with Crippen molar-refractivity contribution in [2.75, 3.05) is 5.32 Å². The SMILES string of the molecule is Cc1cccc(NC(=O)[C@@H](C#N)C(=O)c2cc(C)cc(C)c2)c1. The zero-order chi connectivity index (χ0) is 17.0. The first-order valence-corrected chi connectivity index (χ1v) is 7.30. The Kier molecular flexibility index (Phi) is 4.92. The molecule has 2 rings (SSSR count). The smallest absolute Gasteiger partial charge is 0.249 e. The lowest BCUT2D eigenvalue weighted by molar-refractivity contribution is -0.117. The van der Waals surface area contributed by atoms with Crippen LogP contribution in [-0.4, -0.2) is 11.7 Å². The van der Waals surface area contributed by atoms with E-state index in [1.54, 1.807) is 30.3 Å². The first kappa shape index (κ1) is 16.4. The average molecular weight is 306 g/mol. The summed E-state index contributed by atoms with van der Waals surface area (Å²) >= 11 is 0. The molecule has 2 aromatic rings. The molecule has 0 fully saturated rings. The molecule has 0 saturated heterocycles. The van der Waals surface area contributed by atoms with E-state index in [2.05, 4.69) is 5.32 Å². The Balaban J connectivity index is 2.23. The molecular weight excluding hydrogens is 288 g/mol. The number of Topliss-reactive ketones (excluding diaryl/α,β-unsaturated/α-hetero) is 1. The van der Waals surface area contributed by atoms with Gasteiger partial charge in [-0.3, -0.25) is 9.59 Å². The monoisotopic (exact) mass is 306 g/mol. The van der Waals surface area contributed by atoms with E-state index in [4.69, 9.17) is 0 Å². The van der Waals surface area contributed by atoms with Gasteiger partial charge in [-0.15, -0.1) is 0 Å². The quantitative estimate of drug-likeness (QED) is 0.693. The summed E-state index contributed by atoms with van der Waals surface area (Å²) in [6, 6.07) is 14.3. The van der Waals surface area contributed by atoms with Crippen molar-refractivity contribution in [1.82, 2.24) is 0 Å². The second kappa shape index (κ2) is 6.89. The van der Waals surface area contributed by atoms with Crippen molar-refractivity contribution in [3.63, 3.8) is 0 Å². The van der Waals surface area contributed by atoms with Crippen LogP contribution in [0.2, 0.25) is 0 Å². The Hall–Kier alpha value is -2.93. The molecule has 4 nitrogen and oxygen atoms in total. The molecule has 116 valence electrons. The van der Waals surface area contributed by atoms with Gasteiger partial charge >= 0.3 is 0 Å². The number of nitriles is 1. The molecule has 1 amide bonds. The van der Waals surface area contributed by atoms with Crippen molar-refractivity contribution in [3.8, 4) is 6.07 Å². The lowest BCUT2D eigenvalue weighted by Crippen LogP contribution is -2.28. The summed E-state index contributed by atoms with van der Waals surface area (Å²) in [7, 11) is 0. The minimum atomic E-state index is -1.36. The Morgan fingerprint density at radius 1 is 1.00 bits per heavy atom. The van der Waals surface area contributed by atoms with Crippen molar-refractivity contribution >= 4 is 17.4 Å². The minimum absolute atomic E-state index is 0.383. The molecule has 0 aliphatic rings. The van der Waals surface area contributed by atoms with Gasteiger partial charge in [0, 0.05) is 11.3 Å². The van der Waals surface area contributed by atoms with E-state index in [0.29, 0.717) is 11.3 Å². The van der Waals surface area contributed by atoms with Crippen LogP contribution in [0, 0.1) is 38.0 Å². The van der Waals surface area contributed by atoms with Gasteiger partial charge in [-0.05, 0) is 50.6 Å². The van der Waals surface area contributed by atoms with E-state index in [0.717, 1.165) is 16.7 Å². The highest BCUT2D eigenvalue weighted by Crippen LogP contribution is 2.16. The molecule has 0 radical (unpaired) electrons. The topological polar surface area (TPSA) is 70.0 Å². The zero-order valence-electron chi connectivity index (χ0n) is 13.4. The third-order valence-corrected chi connectivity index (χ3v) is 3.45. The summed E-state index contributed by atoms with van der Waals surface area (Å²) in [6.45, 7) is 5.65. The van der Waals surface area contributed by atoms with E-state index in [9.17, 15) is 14.9 Å². The van der Waals surface area contributed by atoms with Crippen LogP contribution in [0.1, 0.15) is 27.0 Å². The number of benzene rings is 2. The number of amides is 1. The lowest BCUT2D eigenvalue weighted by Gasteiger charge is -2.11. The molecule has 0 spiro atoms. The van der Waals surface area contributed by atoms with Crippen LogP contribution >= 0.6 is 0 Å². The molecule has 4 heteroatoms. The van der Waals surface area contributed by atoms with Crippen LogP contribution in [0.25, 0.3) is 0 Å². The molecule has 0 aliphatic carbocycles. The van der Waals surface area contributed by atoms with Gasteiger partial charge in [0.05, 0.1) is 6.07 Å². The van der Waals surface area contributed by atoms with Crippen LogP contribution in [0.4, 0.5) is 5.69 Å². The zero-order valence-corrected chi connectivity index (χ0v) is 13.4. The number of anilines is 1. The van der Waals surface area contributed by atoms with Crippen LogP contribution in [0.5, 0.6) is 0 Å². The summed E-state index contributed by atoms with van der Waals surface area (Å²) in [4.78, 5) is 24.8. The first-order valence-electron chi connectivity index (χ1n) is 7.30. The van der Waals surface area contributed by atoms with Gasteiger partial charge in [0.25, 0.3) is 0 Å². The Morgan fingerprint density at radius 3 is 2.22 bits per heavy atom. The summed E-state index contributed by atoms with van der Waals surface area (Å²) in [5, 5.41) is 11.9. The highest BCUT2D eigenvalue weighted by atomic mass is 16.2. The molecule has 1 N–H and O–H groups in total. The van der Waals surface area contributed by atoms with Gasteiger partial charge in [0.2, 0.25) is 5.91 Å². The Labute approximate surface area is 135 Å². The lowest BCUT2D eigenvalue weighted by atomic mass is 9.95. The maximum Gasteiger partial charge on any atom is 0.249 e. The van der Waals surface area contributed by atoms with Crippen LogP contribution < -0.4 is 5.32 Å². The number of nitrogens with one attached hydrogen (secondary N) is 1. The number of hydrogen-bond acceptors (Lipinski definition) is 3. The van der Waals surface area contributed by atoms with Gasteiger partial charge in [0.15, 0.2) is 11.7 Å². The highest BCUT2D eigenvalue weighted by Gasteiger charge is 2.27. The summed E-state index contributed by atoms with van der Waals surface area (Å²) in [5.74, 6) is -2.46. The summed E-state index contributed by atoms with van der Waals surface area (Å²) < 4.78 is 0. The van der Waals surface area contributed by atoms with Gasteiger partial charge in [0.1, 0.15) is 0 Å². The van der Waals surface area contributed by atoms with E-state index >= 15 is 0 Å². The number of carbonyl (C=O) groups excluding carboxylic acids is 2. The van der Waals surface area contributed by atoms with Crippen LogP contribution in [0.15, 0.2) is 42.5 Å². The predicted octanol–water partition coefficient (Wildman–Crippen LogP) is 3.57. The predicted molar refractivity (Wildman–Crippen MR) is 89.2 cm³/mol. The highest BCUT2D eigenvalue weighted by molar-refractivity contribution is 6.15. The van der Waals surface area contributed by atoms with Gasteiger partial charge in [-0.2, -0.15) is 5.26 Å². The molecule has 0 unspecified atom stereocenters.